The maximum Gasteiger partial charge on any atom is 0.251 e. The van der Waals surface area contributed by atoms with Gasteiger partial charge in [-0.2, -0.15) is 5.10 Å². The van der Waals surface area contributed by atoms with E-state index in [4.69, 9.17) is 0 Å². The highest BCUT2D eigenvalue weighted by molar-refractivity contribution is 14.0. The van der Waals surface area contributed by atoms with Gasteiger partial charge >= 0.3 is 0 Å². The Morgan fingerprint density at radius 3 is 2.48 bits per heavy atom. The Kier molecular flexibility index (Phi) is 12.8. The zero-order valence-electron chi connectivity index (χ0n) is 17.4. The molecule has 0 radical (unpaired) electrons. The number of aromatic nitrogens is 2. The Morgan fingerprint density at radius 1 is 1.07 bits per heavy atom. The lowest BCUT2D eigenvalue weighted by Crippen LogP contribution is -2.38. The summed E-state index contributed by atoms with van der Waals surface area (Å²) in [4.78, 5) is 16.7. The average molecular weight is 512 g/mol. The van der Waals surface area contributed by atoms with E-state index in [9.17, 15) is 4.79 Å². The summed E-state index contributed by atoms with van der Waals surface area (Å²) in [5.74, 6) is 0.778. The molecule has 8 heteroatoms. The van der Waals surface area contributed by atoms with Crippen molar-refractivity contribution in [2.45, 2.75) is 46.2 Å². The van der Waals surface area contributed by atoms with Crippen LogP contribution in [0.1, 0.15) is 49.0 Å². The molecular formula is C21H33IN6O. The van der Waals surface area contributed by atoms with Crippen molar-refractivity contribution in [2.24, 2.45) is 4.99 Å². The zero-order chi connectivity index (χ0) is 20.0. The smallest absolute Gasteiger partial charge is 0.251 e. The van der Waals surface area contributed by atoms with E-state index in [1.807, 2.05) is 48.1 Å². The molecule has 1 aromatic carbocycles. The van der Waals surface area contributed by atoms with Gasteiger partial charge < -0.3 is 16.0 Å². The summed E-state index contributed by atoms with van der Waals surface area (Å²) in [6, 6.07) is 9.56. The van der Waals surface area contributed by atoms with E-state index in [2.05, 4.69) is 33.0 Å². The lowest BCUT2D eigenvalue weighted by molar-refractivity contribution is 0.0953. The predicted molar refractivity (Wildman–Crippen MR) is 129 cm³/mol. The minimum absolute atomic E-state index is 0. The zero-order valence-corrected chi connectivity index (χ0v) is 19.7. The molecule has 29 heavy (non-hydrogen) atoms. The number of hydrogen-bond donors (Lipinski definition) is 3. The molecule has 2 aromatic rings. The first-order valence-electron chi connectivity index (χ1n) is 10.1. The van der Waals surface area contributed by atoms with Crippen LogP contribution < -0.4 is 16.0 Å². The summed E-state index contributed by atoms with van der Waals surface area (Å²) < 4.78 is 1.92. The van der Waals surface area contributed by atoms with E-state index in [-0.39, 0.29) is 29.9 Å². The van der Waals surface area contributed by atoms with Crippen LogP contribution in [0.25, 0.3) is 0 Å². The SMILES string of the molecule is CCCCNC(=O)c1ccc(CN=C(NCC)NCCCn2cccn2)cc1.I. The van der Waals surface area contributed by atoms with Crippen molar-refractivity contribution in [1.82, 2.24) is 25.7 Å². The van der Waals surface area contributed by atoms with Crippen molar-refractivity contribution in [3.63, 3.8) is 0 Å². The third-order valence-electron chi connectivity index (χ3n) is 4.21. The van der Waals surface area contributed by atoms with Gasteiger partial charge in [0.05, 0.1) is 6.54 Å². The van der Waals surface area contributed by atoms with Crippen LogP contribution >= 0.6 is 24.0 Å². The maximum atomic E-state index is 12.0. The summed E-state index contributed by atoms with van der Waals surface area (Å²) in [6.45, 7) is 7.95. The molecule has 0 aliphatic rings. The number of aliphatic imine (C=N–C) groups is 1. The van der Waals surface area contributed by atoms with Crippen LogP contribution in [-0.2, 0) is 13.1 Å². The fourth-order valence-electron chi connectivity index (χ4n) is 2.63. The predicted octanol–water partition coefficient (Wildman–Crippen LogP) is 3.18. The highest BCUT2D eigenvalue weighted by atomic mass is 127. The summed E-state index contributed by atoms with van der Waals surface area (Å²) in [5.41, 5.74) is 1.76. The highest BCUT2D eigenvalue weighted by Crippen LogP contribution is 2.06. The Morgan fingerprint density at radius 2 is 1.83 bits per heavy atom. The maximum absolute atomic E-state index is 12.0. The van der Waals surface area contributed by atoms with E-state index in [0.717, 1.165) is 57.0 Å². The Bertz CT molecular complexity index is 715. The largest absolute Gasteiger partial charge is 0.357 e. The summed E-state index contributed by atoms with van der Waals surface area (Å²) >= 11 is 0. The molecule has 1 aromatic heterocycles. The molecule has 0 saturated carbocycles. The summed E-state index contributed by atoms with van der Waals surface area (Å²) in [6.07, 6.45) is 6.79. The number of guanidine groups is 1. The number of nitrogens with one attached hydrogen (secondary N) is 3. The Balaban J connectivity index is 0.00000420. The average Bonchev–Trinajstić information content (AvgIpc) is 3.23. The van der Waals surface area contributed by atoms with Crippen LogP contribution in [0.4, 0.5) is 0 Å². The van der Waals surface area contributed by atoms with Gasteiger partial charge in [0.1, 0.15) is 0 Å². The molecule has 0 aliphatic carbocycles. The van der Waals surface area contributed by atoms with Crippen LogP contribution in [0.2, 0.25) is 0 Å². The standard InChI is InChI=1S/C21H32N6O.HI/c1-3-5-12-23-20(28)19-10-8-18(9-11-19)17-25-21(22-4-2)24-13-6-15-27-16-7-14-26-27;/h7-11,14,16H,3-6,12-13,15,17H2,1-2H3,(H,23,28)(H2,22,24,25);1H. The van der Waals surface area contributed by atoms with Crippen LogP contribution in [0.3, 0.4) is 0 Å². The minimum atomic E-state index is -0.0179. The Labute approximate surface area is 190 Å². The molecule has 0 unspecified atom stereocenters. The van der Waals surface area contributed by atoms with Crippen molar-refractivity contribution >= 4 is 35.8 Å². The molecule has 3 N–H and O–H groups in total. The molecule has 1 amide bonds. The van der Waals surface area contributed by atoms with E-state index in [0.29, 0.717) is 12.1 Å². The van der Waals surface area contributed by atoms with E-state index in [1.165, 1.54) is 0 Å². The van der Waals surface area contributed by atoms with Crippen molar-refractivity contribution in [3.8, 4) is 0 Å². The van der Waals surface area contributed by atoms with Gasteiger partial charge in [-0.3, -0.25) is 9.48 Å². The molecule has 1 heterocycles. The van der Waals surface area contributed by atoms with Gasteiger partial charge in [-0.1, -0.05) is 25.5 Å². The molecule has 0 saturated heterocycles. The van der Waals surface area contributed by atoms with Gasteiger partial charge in [0.2, 0.25) is 0 Å². The number of unbranched alkanes of at least 4 members (excludes halogenated alkanes) is 1. The second-order valence-corrected chi connectivity index (χ2v) is 6.55. The van der Waals surface area contributed by atoms with Gasteiger partial charge in [-0.15, -0.1) is 24.0 Å². The van der Waals surface area contributed by atoms with Crippen molar-refractivity contribution in [3.05, 3.63) is 53.9 Å². The Hall–Kier alpha value is -2.10. The second kappa shape index (κ2) is 14.8. The number of hydrogen-bond acceptors (Lipinski definition) is 3. The van der Waals surface area contributed by atoms with E-state index >= 15 is 0 Å². The minimum Gasteiger partial charge on any atom is -0.357 e. The third-order valence-corrected chi connectivity index (χ3v) is 4.21. The van der Waals surface area contributed by atoms with Gasteiger partial charge in [-0.25, -0.2) is 4.99 Å². The first kappa shape index (κ1) is 24.9. The molecule has 160 valence electrons. The lowest BCUT2D eigenvalue weighted by atomic mass is 10.1. The highest BCUT2D eigenvalue weighted by Gasteiger charge is 2.04. The van der Waals surface area contributed by atoms with Crippen molar-refractivity contribution in [1.29, 1.82) is 0 Å². The quantitative estimate of drug-likeness (QED) is 0.187. The number of amides is 1. The molecular weight excluding hydrogens is 479 g/mol. The molecule has 0 atom stereocenters. The van der Waals surface area contributed by atoms with E-state index < -0.39 is 0 Å². The first-order chi connectivity index (χ1) is 13.7. The molecule has 0 aliphatic heterocycles. The molecule has 0 fully saturated rings. The topological polar surface area (TPSA) is 83.3 Å². The van der Waals surface area contributed by atoms with Crippen LogP contribution in [0.15, 0.2) is 47.7 Å². The fourth-order valence-corrected chi connectivity index (χ4v) is 2.63. The van der Waals surface area contributed by atoms with Gasteiger partial charge in [0.15, 0.2) is 5.96 Å². The van der Waals surface area contributed by atoms with Crippen molar-refractivity contribution in [2.75, 3.05) is 19.6 Å². The second-order valence-electron chi connectivity index (χ2n) is 6.55. The van der Waals surface area contributed by atoms with Crippen LogP contribution in [0, 0.1) is 0 Å². The lowest BCUT2D eigenvalue weighted by Gasteiger charge is -2.11. The summed E-state index contributed by atoms with van der Waals surface area (Å²) in [5, 5.41) is 13.7. The van der Waals surface area contributed by atoms with Gasteiger partial charge in [0, 0.05) is 44.1 Å². The number of rotatable bonds is 11. The number of benzene rings is 1. The normalized spacial score (nSPS) is 10.9. The fraction of sp³-hybridized carbons (Fsp3) is 0.476. The third kappa shape index (κ3) is 9.78. The number of carbonyl (C=O) groups is 1. The molecule has 7 nitrogen and oxygen atoms in total. The van der Waals surface area contributed by atoms with Crippen LogP contribution in [-0.4, -0.2) is 41.3 Å². The van der Waals surface area contributed by atoms with Crippen LogP contribution in [0.5, 0.6) is 0 Å². The molecule has 2 rings (SSSR count). The number of nitrogens with zero attached hydrogens (tertiary/aromatic N) is 3. The summed E-state index contributed by atoms with van der Waals surface area (Å²) in [7, 11) is 0. The monoisotopic (exact) mass is 512 g/mol. The van der Waals surface area contributed by atoms with Crippen molar-refractivity contribution < 1.29 is 4.79 Å². The first-order valence-corrected chi connectivity index (χ1v) is 10.1. The van der Waals surface area contributed by atoms with Gasteiger partial charge in [0.25, 0.3) is 5.91 Å². The molecule has 0 spiro atoms. The number of carbonyl (C=O) groups excluding carboxylic acids is 1. The van der Waals surface area contributed by atoms with E-state index in [1.54, 1.807) is 6.20 Å². The van der Waals surface area contributed by atoms with Gasteiger partial charge in [-0.05, 0) is 43.5 Å². The molecule has 0 bridgehead atoms. The number of aryl methyl sites for hydroxylation is 1. The number of halogens is 1.